The molecule has 2 fully saturated rings. The molecule has 18 atom stereocenters. The summed E-state index contributed by atoms with van der Waals surface area (Å²) in [6, 6.07) is 11.9. The van der Waals surface area contributed by atoms with E-state index in [9.17, 15) is 101 Å². The van der Waals surface area contributed by atoms with Gasteiger partial charge in [-0.15, -0.1) is 0 Å². The number of rotatable bonds is 34. The molecule has 0 spiro atoms. The van der Waals surface area contributed by atoms with Crippen molar-refractivity contribution in [2.45, 2.75) is 169 Å². The summed E-state index contributed by atoms with van der Waals surface area (Å²) in [6.45, 7) is 1.85. The number of hydrogen-bond acceptors (Lipinski definition) is 27. The Balaban J connectivity index is 1.40. The Morgan fingerprint density at radius 3 is 1.40 bits per heavy atom. The molecular formula is C53H83N7O24. The van der Waals surface area contributed by atoms with Crippen LogP contribution in [0.1, 0.15) is 52.9 Å². The molecule has 84 heavy (non-hydrogen) atoms. The van der Waals surface area contributed by atoms with Crippen LogP contribution in [0.2, 0.25) is 0 Å². The number of hydrogen-bond donors (Lipinski definition) is 20. The molecule has 4 amide bonds. The number of aliphatic hydroxyl groups is 16. The molecule has 2 aromatic carbocycles. The van der Waals surface area contributed by atoms with Crippen molar-refractivity contribution in [1.82, 2.24) is 15.5 Å². The quantitative estimate of drug-likeness (QED) is 0.0290. The maximum atomic E-state index is 13.4. The highest BCUT2D eigenvalue weighted by molar-refractivity contribution is 5.92. The Hall–Kier alpha value is -5.18. The second-order valence-corrected chi connectivity index (χ2v) is 20.3. The predicted molar refractivity (Wildman–Crippen MR) is 294 cm³/mol. The van der Waals surface area contributed by atoms with Gasteiger partial charge in [0.25, 0.3) is 0 Å². The van der Waals surface area contributed by atoms with E-state index in [0.29, 0.717) is 12.8 Å². The molecule has 2 saturated heterocycles. The topological polar surface area (TPSA) is 505 Å². The molecule has 31 heteroatoms. The molecule has 2 aliphatic heterocycles. The van der Waals surface area contributed by atoms with Crippen molar-refractivity contribution in [3.05, 3.63) is 48.5 Å². The van der Waals surface area contributed by atoms with E-state index in [1.807, 2.05) is 13.8 Å². The summed E-state index contributed by atoms with van der Waals surface area (Å²) in [4.78, 5) is 61.9. The lowest BCUT2D eigenvalue weighted by Gasteiger charge is -2.42. The number of nitrogens with one attached hydrogen (secondary N) is 4. The minimum Gasteiger partial charge on any atom is -0.394 e. The second kappa shape index (κ2) is 34.8. The van der Waals surface area contributed by atoms with Crippen molar-refractivity contribution < 1.29 is 120 Å². The molecular weight excluding hydrogens is 1120 g/mol. The fraction of sp³-hybridized carbons (Fsp3) is 0.660. The average Bonchev–Trinajstić information content (AvgIpc) is 2.49. The molecule has 20 N–H and O–H groups in total. The molecule has 2 aromatic rings. The van der Waals surface area contributed by atoms with E-state index in [1.54, 1.807) is 4.90 Å². The molecule has 2 heterocycles. The van der Waals surface area contributed by atoms with Crippen LogP contribution in [0.3, 0.4) is 0 Å². The van der Waals surface area contributed by atoms with Gasteiger partial charge < -0.3 is 127 Å². The molecule has 0 aliphatic carbocycles. The Morgan fingerprint density at radius 1 is 0.619 bits per heavy atom. The first-order valence-electron chi connectivity index (χ1n) is 27.2. The zero-order valence-corrected chi connectivity index (χ0v) is 46.6. The summed E-state index contributed by atoms with van der Waals surface area (Å²) in [7, 11) is 0. The van der Waals surface area contributed by atoms with Crippen LogP contribution >= 0.6 is 0 Å². The van der Waals surface area contributed by atoms with Crippen LogP contribution in [-0.2, 0) is 38.1 Å². The van der Waals surface area contributed by atoms with Crippen molar-refractivity contribution in [2.24, 2.45) is 9.98 Å². The molecule has 4 rings (SSSR count). The number of amides is 4. The first kappa shape index (κ1) is 71.3. The number of anilines is 2. The molecule has 0 bridgehead atoms. The molecule has 31 nitrogen and oxygen atoms in total. The van der Waals surface area contributed by atoms with Gasteiger partial charge in [-0.05, 0) is 49.2 Å². The van der Waals surface area contributed by atoms with E-state index < -0.39 is 154 Å². The normalized spacial score (nSPS) is 26.0. The Bertz CT molecular complexity index is 2270. The number of ether oxygens (including phenoxy) is 4. The van der Waals surface area contributed by atoms with E-state index in [1.165, 1.54) is 55.5 Å². The van der Waals surface area contributed by atoms with Gasteiger partial charge in [-0.25, -0.2) is 0 Å². The maximum Gasteiger partial charge on any atom is 0.225 e. The van der Waals surface area contributed by atoms with Gasteiger partial charge >= 0.3 is 0 Å². The molecule has 0 aromatic heterocycles. The first-order chi connectivity index (χ1) is 39.8. The van der Waals surface area contributed by atoms with Crippen molar-refractivity contribution in [3.8, 4) is 0 Å². The van der Waals surface area contributed by atoms with E-state index in [-0.39, 0.29) is 80.0 Å². The predicted octanol–water partition coefficient (Wildman–Crippen LogP) is -6.53. The van der Waals surface area contributed by atoms with Gasteiger partial charge in [0.15, 0.2) is 12.6 Å². The number of carbonyl (C=O) groups excluding carboxylic acids is 4. The van der Waals surface area contributed by atoms with Gasteiger partial charge in [0.05, 0.1) is 37.8 Å². The number of aliphatic imine (C=N–C) groups is 2. The Kier molecular flexibility index (Phi) is 29.6. The fourth-order valence-corrected chi connectivity index (χ4v) is 9.01. The lowest BCUT2D eigenvalue weighted by Crippen LogP contribution is -2.61. The SMILES string of the molecule is CCC(CC)(CC(=O)NCCN(CCC(=O)Nc1cccc(/N=C\C(O)[C@H](O)[C@H](O[C@H]2OC(CO)[C@@H](O)[C@@H](O)C2O)C(O)CO)c1)CCC(=O)Nc1cccc(/N=C/C(O)[C@H](O)[C@H](O[C@H]2OC(CO)[C@@H](O)[C@@H](O)C2O)C(O)CO)c1)NC(C)=O. The summed E-state index contributed by atoms with van der Waals surface area (Å²) in [5.74, 6) is -1.61. The van der Waals surface area contributed by atoms with Crippen LogP contribution < -0.4 is 21.3 Å². The maximum absolute atomic E-state index is 13.4. The van der Waals surface area contributed by atoms with Crippen molar-refractivity contribution in [1.29, 1.82) is 0 Å². The van der Waals surface area contributed by atoms with Crippen molar-refractivity contribution >= 4 is 58.8 Å². The largest absolute Gasteiger partial charge is 0.394 e. The van der Waals surface area contributed by atoms with Crippen LogP contribution in [0.4, 0.5) is 22.7 Å². The summed E-state index contributed by atoms with van der Waals surface area (Å²) in [5, 5.41) is 175. The van der Waals surface area contributed by atoms with Gasteiger partial charge in [-0.3, -0.25) is 29.2 Å². The van der Waals surface area contributed by atoms with Gasteiger partial charge in [0.1, 0.15) is 97.7 Å². The summed E-state index contributed by atoms with van der Waals surface area (Å²) in [5.41, 5.74) is 0.0400. The number of carbonyl (C=O) groups is 4. The number of nitrogens with zero attached hydrogens (tertiary/aromatic N) is 3. The van der Waals surface area contributed by atoms with Crippen LogP contribution in [0, 0.1) is 0 Å². The molecule has 2 aliphatic rings. The van der Waals surface area contributed by atoms with Gasteiger partial charge in [0, 0.05) is 81.7 Å². The van der Waals surface area contributed by atoms with Gasteiger partial charge in [-0.2, -0.15) is 0 Å². The summed E-state index contributed by atoms with van der Waals surface area (Å²) < 4.78 is 21.4. The standard InChI is InChI=1S/C53H83N7O24/c1-4-53(5-2,59-27(3)65)20-40(72)54-14-17-60(15-12-38(70)57-30-10-6-8-28(18-30)55-21-32(66)41(73)49(34(68)23-61)83-51-47(79)45(77)43(75)36(25-63)81-51)16-13-39(71)58-31-11-7-9-29(19-31)56-22-33(67)42(74)50(35(69)24-62)84-52-48(80)46(78)44(76)37(26-64)82-52/h6-11,18-19,21-22,32-37,41-52,61-64,66-69,73-80H,4-5,12-17,20,23-26H2,1-3H3,(H,54,72)(H,57,70)(H,58,71)(H,59,65)/b55-21-,56-22+/t32?,33?,34?,35?,36?,37?,41-,42-,43+,44+,45+,46+,47?,48?,49+,50+,51+,52+/m0/s1. The minimum absolute atomic E-state index is 0.00364. The molecule has 0 radical (unpaired) electrons. The molecule has 0 saturated carbocycles. The lowest BCUT2D eigenvalue weighted by molar-refractivity contribution is -0.326. The third-order valence-corrected chi connectivity index (χ3v) is 14.2. The van der Waals surface area contributed by atoms with E-state index in [4.69, 9.17) is 18.9 Å². The van der Waals surface area contributed by atoms with Crippen molar-refractivity contribution in [3.63, 3.8) is 0 Å². The van der Waals surface area contributed by atoms with Crippen LogP contribution in [-0.4, -0.2) is 291 Å². The summed E-state index contributed by atoms with van der Waals surface area (Å²) in [6.07, 6.45) is -30.6. The van der Waals surface area contributed by atoms with E-state index in [2.05, 4.69) is 31.3 Å². The smallest absolute Gasteiger partial charge is 0.225 e. The third-order valence-electron chi connectivity index (χ3n) is 14.2. The van der Waals surface area contributed by atoms with E-state index in [0.717, 1.165) is 12.4 Å². The molecule has 474 valence electrons. The minimum atomic E-state index is -2.04. The Labute approximate surface area is 483 Å². The van der Waals surface area contributed by atoms with E-state index >= 15 is 0 Å². The van der Waals surface area contributed by atoms with Crippen LogP contribution in [0.25, 0.3) is 0 Å². The summed E-state index contributed by atoms with van der Waals surface area (Å²) >= 11 is 0. The zero-order valence-electron chi connectivity index (χ0n) is 46.6. The van der Waals surface area contributed by atoms with Crippen molar-refractivity contribution in [2.75, 3.05) is 63.2 Å². The number of benzene rings is 2. The molecule has 8 unspecified atom stereocenters. The zero-order chi connectivity index (χ0) is 62.4. The Morgan fingerprint density at radius 2 is 1.04 bits per heavy atom. The van der Waals surface area contributed by atoms with Gasteiger partial charge in [-0.1, -0.05) is 26.0 Å². The fourth-order valence-electron chi connectivity index (χ4n) is 9.01. The second-order valence-electron chi connectivity index (χ2n) is 20.3. The highest BCUT2D eigenvalue weighted by Gasteiger charge is 2.48. The van der Waals surface area contributed by atoms with Crippen LogP contribution in [0.5, 0.6) is 0 Å². The highest BCUT2D eigenvalue weighted by atomic mass is 16.7. The lowest BCUT2D eigenvalue weighted by atomic mass is 9.88. The monoisotopic (exact) mass is 1200 g/mol. The average molecular weight is 1200 g/mol. The highest BCUT2D eigenvalue weighted by Crippen LogP contribution is 2.28. The number of aliphatic hydroxyl groups excluding tert-OH is 16. The van der Waals surface area contributed by atoms with Crippen LogP contribution in [0.15, 0.2) is 58.5 Å². The first-order valence-corrected chi connectivity index (χ1v) is 27.2. The van der Waals surface area contributed by atoms with Gasteiger partial charge in [0.2, 0.25) is 23.6 Å². The third kappa shape index (κ3) is 21.1.